The molecule has 0 bridgehead atoms. The molecule has 1 nitrogen and oxygen atoms in total. The lowest BCUT2D eigenvalue weighted by atomic mass is 10.4. The van der Waals surface area contributed by atoms with Crippen molar-refractivity contribution in [3.63, 3.8) is 0 Å². The van der Waals surface area contributed by atoms with E-state index in [4.69, 9.17) is 0 Å². The Morgan fingerprint density at radius 2 is 1.82 bits per heavy atom. The molecule has 1 heteroatoms. The second kappa shape index (κ2) is 7.19. The summed E-state index contributed by atoms with van der Waals surface area (Å²) in [5.41, 5.74) is 0. The molecule has 11 heavy (non-hydrogen) atoms. The quantitative estimate of drug-likeness (QED) is 0.585. The summed E-state index contributed by atoms with van der Waals surface area (Å²) in [6.45, 7) is 6.94. The summed E-state index contributed by atoms with van der Waals surface area (Å²) < 4.78 is 0. The van der Waals surface area contributed by atoms with Gasteiger partial charge in [-0.1, -0.05) is 18.8 Å². The van der Waals surface area contributed by atoms with Gasteiger partial charge in [0.1, 0.15) is 0 Å². The van der Waals surface area contributed by atoms with E-state index in [1.165, 1.54) is 0 Å². The third kappa shape index (κ3) is 9.08. The fourth-order valence-corrected chi connectivity index (χ4v) is 0.476. The highest BCUT2D eigenvalue weighted by molar-refractivity contribution is 5.26. The van der Waals surface area contributed by atoms with Crippen molar-refractivity contribution < 1.29 is 0 Å². The van der Waals surface area contributed by atoms with Crippen LogP contribution >= 0.6 is 0 Å². The van der Waals surface area contributed by atoms with Crippen molar-refractivity contribution in [2.24, 2.45) is 0 Å². The first-order chi connectivity index (χ1) is 5.27. The second-order valence-electron chi connectivity index (χ2n) is 2.49. The van der Waals surface area contributed by atoms with Crippen LogP contribution in [0, 0.1) is 23.7 Å². The predicted molar refractivity (Wildman–Crippen MR) is 49.0 cm³/mol. The molecular weight excluding hydrogens is 134 g/mol. The van der Waals surface area contributed by atoms with Crippen molar-refractivity contribution in [1.29, 1.82) is 0 Å². The van der Waals surface area contributed by atoms with Gasteiger partial charge < -0.3 is 5.32 Å². The summed E-state index contributed by atoms with van der Waals surface area (Å²) in [5.74, 6) is 11.3. The highest BCUT2D eigenvalue weighted by Crippen LogP contribution is 1.72. The summed E-state index contributed by atoms with van der Waals surface area (Å²) in [4.78, 5) is 0. The van der Waals surface area contributed by atoms with E-state index < -0.39 is 0 Å². The van der Waals surface area contributed by atoms with Gasteiger partial charge in [-0.05, 0) is 25.7 Å². The molecule has 0 amide bonds. The average molecular weight is 149 g/mol. The number of rotatable bonds is 2. The van der Waals surface area contributed by atoms with E-state index in [0.29, 0.717) is 6.04 Å². The van der Waals surface area contributed by atoms with E-state index in [-0.39, 0.29) is 0 Å². The van der Waals surface area contributed by atoms with Crippen LogP contribution in [-0.4, -0.2) is 12.6 Å². The Labute approximate surface area is 69.6 Å². The van der Waals surface area contributed by atoms with Gasteiger partial charge in [0.2, 0.25) is 0 Å². The maximum atomic E-state index is 3.18. The zero-order chi connectivity index (χ0) is 8.53. The van der Waals surface area contributed by atoms with Crippen LogP contribution in [-0.2, 0) is 0 Å². The molecule has 0 fully saturated rings. The van der Waals surface area contributed by atoms with Crippen LogP contribution < -0.4 is 5.32 Å². The molecule has 0 aliphatic heterocycles. The maximum Gasteiger partial charge on any atom is 0.0588 e. The summed E-state index contributed by atoms with van der Waals surface area (Å²) in [6.07, 6.45) is 0.881. The zero-order valence-corrected chi connectivity index (χ0v) is 7.49. The van der Waals surface area contributed by atoms with Gasteiger partial charge in [0, 0.05) is 12.5 Å². The summed E-state index contributed by atoms with van der Waals surface area (Å²) in [5, 5.41) is 3.18. The van der Waals surface area contributed by atoms with E-state index in [1.807, 2.05) is 6.92 Å². The first-order valence-corrected chi connectivity index (χ1v) is 3.96. The number of nitrogens with one attached hydrogen (secondary N) is 1. The van der Waals surface area contributed by atoms with Gasteiger partial charge >= 0.3 is 0 Å². The molecule has 0 heterocycles. The van der Waals surface area contributed by atoms with Crippen LogP contribution in [0.4, 0.5) is 0 Å². The molecular formula is C10H15N. The third-order valence-corrected chi connectivity index (χ3v) is 1.01. The van der Waals surface area contributed by atoms with Crippen molar-refractivity contribution in [3.8, 4) is 23.7 Å². The van der Waals surface area contributed by atoms with E-state index in [1.54, 1.807) is 0 Å². The van der Waals surface area contributed by atoms with Crippen molar-refractivity contribution in [1.82, 2.24) is 5.32 Å². The highest BCUT2D eigenvalue weighted by atomic mass is 14.9. The van der Waals surface area contributed by atoms with Gasteiger partial charge in [-0.15, -0.1) is 0 Å². The molecule has 0 saturated carbocycles. The van der Waals surface area contributed by atoms with E-state index in [9.17, 15) is 0 Å². The van der Waals surface area contributed by atoms with Gasteiger partial charge in [-0.3, -0.25) is 0 Å². The fourth-order valence-electron chi connectivity index (χ4n) is 0.476. The van der Waals surface area contributed by atoms with Crippen molar-refractivity contribution in [2.45, 2.75) is 33.2 Å². The third-order valence-electron chi connectivity index (χ3n) is 1.01. The molecule has 0 aliphatic carbocycles. The molecule has 0 aliphatic rings. The molecule has 0 aromatic rings. The Bertz CT molecular complexity index is 194. The van der Waals surface area contributed by atoms with Gasteiger partial charge in [-0.2, -0.15) is 0 Å². The topological polar surface area (TPSA) is 12.0 Å². The maximum absolute atomic E-state index is 3.18. The zero-order valence-electron chi connectivity index (χ0n) is 7.49. The Balaban J connectivity index is 3.41. The molecule has 0 unspecified atom stereocenters. The van der Waals surface area contributed by atoms with Crippen LogP contribution in [0.2, 0.25) is 0 Å². The minimum absolute atomic E-state index is 0.503. The Morgan fingerprint density at radius 3 is 2.36 bits per heavy atom. The molecule has 0 aromatic carbocycles. The highest BCUT2D eigenvalue weighted by Gasteiger charge is 1.84. The minimum Gasteiger partial charge on any atom is -0.304 e. The fraction of sp³-hybridized carbons (Fsp3) is 0.600. The monoisotopic (exact) mass is 149 g/mol. The largest absolute Gasteiger partial charge is 0.304 e. The molecule has 0 rings (SSSR count). The van der Waals surface area contributed by atoms with Crippen LogP contribution in [0.15, 0.2) is 0 Å². The summed E-state index contributed by atoms with van der Waals surface area (Å²) in [7, 11) is 0. The number of hydrogen-bond donors (Lipinski definition) is 1. The predicted octanol–water partition coefficient (Wildman–Crippen LogP) is 1.40. The molecule has 0 radical (unpaired) electrons. The standard InChI is InChI=1S/C10H15N/c1-4-5-6-7-8-9-11-10(2)3/h10-11H,4,9H2,1-3H3. The Morgan fingerprint density at radius 1 is 1.18 bits per heavy atom. The van der Waals surface area contributed by atoms with E-state index in [0.717, 1.165) is 13.0 Å². The van der Waals surface area contributed by atoms with Gasteiger partial charge in [-0.25, -0.2) is 0 Å². The Hall–Kier alpha value is -0.920. The summed E-state index contributed by atoms with van der Waals surface area (Å²) >= 11 is 0. The van der Waals surface area contributed by atoms with Gasteiger partial charge in [0.15, 0.2) is 0 Å². The molecule has 0 aromatic heterocycles. The molecule has 0 spiro atoms. The molecule has 0 saturated heterocycles. The smallest absolute Gasteiger partial charge is 0.0588 e. The number of hydrogen-bond acceptors (Lipinski definition) is 1. The van der Waals surface area contributed by atoms with Crippen LogP contribution in [0.25, 0.3) is 0 Å². The SMILES string of the molecule is CCC#CC#CCNC(C)C. The lowest BCUT2D eigenvalue weighted by molar-refractivity contribution is 0.638. The first kappa shape index (κ1) is 10.1. The van der Waals surface area contributed by atoms with E-state index >= 15 is 0 Å². The van der Waals surface area contributed by atoms with Crippen molar-refractivity contribution >= 4 is 0 Å². The Kier molecular flexibility index (Phi) is 6.59. The van der Waals surface area contributed by atoms with Crippen molar-refractivity contribution in [2.75, 3.05) is 6.54 Å². The van der Waals surface area contributed by atoms with Crippen LogP contribution in [0.5, 0.6) is 0 Å². The van der Waals surface area contributed by atoms with Crippen LogP contribution in [0.3, 0.4) is 0 Å². The molecule has 60 valence electrons. The summed E-state index contributed by atoms with van der Waals surface area (Å²) in [6, 6.07) is 0.503. The lowest BCUT2D eigenvalue weighted by Crippen LogP contribution is -2.22. The average Bonchev–Trinajstić information content (AvgIpc) is 1.96. The van der Waals surface area contributed by atoms with Gasteiger partial charge in [0.05, 0.1) is 6.54 Å². The second-order valence-corrected chi connectivity index (χ2v) is 2.49. The molecule has 1 N–H and O–H groups in total. The van der Waals surface area contributed by atoms with Crippen LogP contribution in [0.1, 0.15) is 27.2 Å². The molecule has 0 atom stereocenters. The first-order valence-electron chi connectivity index (χ1n) is 3.96. The van der Waals surface area contributed by atoms with Crippen molar-refractivity contribution in [3.05, 3.63) is 0 Å². The van der Waals surface area contributed by atoms with Gasteiger partial charge in [0.25, 0.3) is 0 Å². The normalized spacial score (nSPS) is 8.00. The minimum atomic E-state index is 0.503. The van der Waals surface area contributed by atoms with E-state index in [2.05, 4.69) is 42.8 Å². The lowest BCUT2D eigenvalue weighted by Gasteiger charge is -2.00.